The lowest BCUT2D eigenvalue weighted by atomic mass is 10.1. The highest BCUT2D eigenvalue weighted by atomic mass is 35.5. The third kappa shape index (κ3) is 3.85. The van der Waals surface area contributed by atoms with E-state index in [-0.39, 0.29) is 10.7 Å². The summed E-state index contributed by atoms with van der Waals surface area (Å²) in [5, 5.41) is 13.9. The maximum Gasteiger partial charge on any atom is 0.289 e. The number of benzene rings is 1. The van der Waals surface area contributed by atoms with E-state index >= 15 is 0 Å². The van der Waals surface area contributed by atoms with Crippen molar-refractivity contribution in [1.29, 1.82) is 0 Å². The fourth-order valence-electron chi connectivity index (χ4n) is 1.98. The molecular weight excluding hydrogens is 306 g/mol. The molecule has 0 saturated heterocycles. The van der Waals surface area contributed by atoms with Gasteiger partial charge >= 0.3 is 0 Å². The number of rotatable bonds is 6. The second-order valence-corrected chi connectivity index (χ2v) is 5.07. The molecule has 0 spiro atoms. The van der Waals surface area contributed by atoms with E-state index in [2.05, 4.69) is 10.3 Å². The number of pyridine rings is 1. The SMILES string of the molecule is CCOc1ccc(CNc2ncc([N+](=O)[O-])cc2Cl)cc1C. The Morgan fingerprint density at radius 2 is 2.18 bits per heavy atom. The van der Waals surface area contributed by atoms with Gasteiger partial charge < -0.3 is 10.1 Å². The van der Waals surface area contributed by atoms with Crippen LogP contribution in [-0.4, -0.2) is 16.5 Å². The van der Waals surface area contributed by atoms with Crippen LogP contribution in [0.15, 0.2) is 30.5 Å². The number of aryl methyl sites for hydroxylation is 1. The Balaban J connectivity index is 2.07. The number of hydrogen-bond acceptors (Lipinski definition) is 5. The molecule has 0 saturated carbocycles. The first kappa shape index (κ1) is 16.0. The minimum atomic E-state index is -0.529. The highest BCUT2D eigenvalue weighted by Crippen LogP contribution is 2.25. The van der Waals surface area contributed by atoms with Crippen LogP contribution in [0.1, 0.15) is 18.1 Å². The van der Waals surface area contributed by atoms with Crippen molar-refractivity contribution in [3.63, 3.8) is 0 Å². The molecule has 0 aliphatic rings. The first-order valence-corrected chi connectivity index (χ1v) is 7.15. The Bertz CT molecular complexity index is 692. The van der Waals surface area contributed by atoms with Crippen molar-refractivity contribution >= 4 is 23.1 Å². The molecule has 0 amide bonds. The van der Waals surface area contributed by atoms with Crippen molar-refractivity contribution in [2.24, 2.45) is 0 Å². The van der Waals surface area contributed by atoms with E-state index in [1.807, 2.05) is 32.0 Å². The van der Waals surface area contributed by atoms with Gasteiger partial charge in [-0.25, -0.2) is 4.98 Å². The number of nitrogens with zero attached hydrogens (tertiary/aromatic N) is 2. The van der Waals surface area contributed by atoms with Crippen molar-refractivity contribution in [2.45, 2.75) is 20.4 Å². The lowest BCUT2D eigenvalue weighted by Crippen LogP contribution is -2.03. The van der Waals surface area contributed by atoms with Crippen LogP contribution in [0.25, 0.3) is 0 Å². The number of aromatic nitrogens is 1. The van der Waals surface area contributed by atoms with E-state index in [0.29, 0.717) is 19.0 Å². The Morgan fingerprint density at radius 1 is 1.41 bits per heavy atom. The fraction of sp³-hybridized carbons (Fsp3) is 0.267. The molecule has 0 fully saturated rings. The van der Waals surface area contributed by atoms with Crippen molar-refractivity contribution in [2.75, 3.05) is 11.9 Å². The molecule has 0 aliphatic carbocycles. The summed E-state index contributed by atoms with van der Waals surface area (Å²) < 4.78 is 5.49. The largest absolute Gasteiger partial charge is 0.494 e. The summed E-state index contributed by atoms with van der Waals surface area (Å²) in [6, 6.07) is 7.16. The molecule has 0 unspecified atom stereocenters. The Morgan fingerprint density at radius 3 is 2.77 bits per heavy atom. The van der Waals surface area contributed by atoms with Gasteiger partial charge in [0.1, 0.15) is 17.8 Å². The van der Waals surface area contributed by atoms with Gasteiger partial charge in [0.15, 0.2) is 0 Å². The lowest BCUT2D eigenvalue weighted by Gasteiger charge is -2.11. The molecule has 22 heavy (non-hydrogen) atoms. The van der Waals surface area contributed by atoms with Gasteiger partial charge in [0.05, 0.1) is 16.6 Å². The average Bonchev–Trinajstić information content (AvgIpc) is 2.48. The third-order valence-corrected chi connectivity index (χ3v) is 3.32. The molecule has 0 atom stereocenters. The predicted molar refractivity (Wildman–Crippen MR) is 85.6 cm³/mol. The van der Waals surface area contributed by atoms with E-state index in [1.54, 1.807) is 0 Å². The summed E-state index contributed by atoms with van der Waals surface area (Å²) in [4.78, 5) is 14.1. The standard InChI is InChI=1S/C15H16ClN3O3/c1-3-22-14-5-4-11(6-10(14)2)8-17-15-13(16)7-12(9-18-15)19(20)21/h4-7,9H,3,8H2,1-2H3,(H,17,18). The van der Waals surface area contributed by atoms with Crippen molar-refractivity contribution in [3.8, 4) is 5.75 Å². The molecule has 2 aromatic rings. The van der Waals surface area contributed by atoms with Crippen LogP contribution in [0, 0.1) is 17.0 Å². The normalized spacial score (nSPS) is 10.3. The average molecular weight is 322 g/mol. The number of nitrogens with one attached hydrogen (secondary N) is 1. The van der Waals surface area contributed by atoms with E-state index in [0.717, 1.165) is 16.9 Å². The van der Waals surface area contributed by atoms with Gasteiger partial charge in [-0.2, -0.15) is 0 Å². The van der Waals surface area contributed by atoms with Gasteiger partial charge in [0.25, 0.3) is 5.69 Å². The molecule has 0 radical (unpaired) electrons. The molecule has 1 aromatic carbocycles. The van der Waals surface area contributed by atoms with Gasteiger partial charge in [-0.1, -0.05) is 23.7 Å². The first-order chi connectivity index (χ1) is 10.5. The second kappa shape index (κ2) is 7.09. The van der Waals surface area contributed by atoms with Crippen LogP contribution in [0.2, 0.25) is 5.02 Å². The van der Waals surface area contributed by atoms with Crippen LogP contribution in [0.3, 0.4) is 0 Å². The lowest BCUT2D eigenvalue weighted by molar-refractivity contribution is -0.385. The van der Waals surface area contributed by atoms with Crippen LogP contribution in [0.5, 0.6) is 5.75 Å². The fourth-order valence-corrected chi connectivity index (χ4v) is 2.21. The summed E-state index contributed by atoms with van der Waals surface area (Å²) in [7, 11) is 0. The summed E-state index contributed by atoms with van der Waals surface area (Å²) in [5.74, 6) is 1.27. The molecule has 2 rings (SSSR count). The van der Waals surface area contributed by atoms with Crippen molar-refractivity contribution < 1.29 is 9.66 Å². The van der Waals surface area contributed by atoms with E-state index in [9.17, 15) is 10.1 Å². The molecule has 1 N–H and O–H groups in total. The zero-order valence-corrected chi connectivity index (χ0v) is 13.1. The van der Waals surface area contributed by atoms with Gasteiger partial charge in [-0.3, -0.25) is 10.1 Å². The summed E-state index contributed by atoms with van der Waals surface area (Å²) in [6.07, 6.45) is 1.18. The quantitative estimate of drug-likeness (QED) is 0.643. The number of hydrogen-bond donors (Lipinski definition) is 1. The monoisotopic (exact) mass is 321 g/mol. The minimum Gasteiger partial charge on any atom is -0.494 e. The number of anilines is 1. The highest BCUT2D eigenvalue weighted by molar-refractivity contribution is 6.33. The van der Waals surface area contributed by atoms with E-state index < -0.39 is 4.92 Å². The van der Waals surface area contributed by atoms with Crippen LogP contribution >= 0.6 is 11.6 Å². The van der Waals surface area contributed by atoms with Crippen molar-refractivity contribution in [1.82, 2.24) is 4.98 Å². The number of nitro groups is 1. The zero-order valence-electron chi connectivity index (χ0n) is 12.3. The molecule has 7 heteroatoms. The number of halogens is 1. The molecule has 1 aromatic heterocycles. The number of ether oxygens (including phenoxy) is 1. The second-order valence-electron chi connectivity index (χ2n) is 4.67. The zero-order chi connectivity index (χ0) is 16.1. The highest BCUT2D eigenvalue weighted by Gasteiger charge is 2.10. The molecule has 0 aliphatic heterocycles. The van der Waals surface area contributed by atoms with Crippen LogP contribution in [0.4, 0.5) is 11.5 Å². The maximum atomic E-state index is 10.6. The van der Waals surface area contributed by atoms with Gasteiger partial charge in [0, 0.05) is 12.6 Å². The molecule has 0 bridgehead atoms. The smallest absolute Gasteiger partial charge is 0.289 e. The summed E-state index contributed by atoms with van der Waals surface area (Å²) >= 11 is 5.99. The third-order valence-electron chi connectivity index (χ3n) is 3.04. The van der Waals surface area contributed by atoms with Gasteiger partial charge in [-0.15, -0.1) is 0 Å². The summed E-state index contributed by atoms with van der Waals surface area (Å²) in [6.45, 7) is 5.06. The van der Waals surface area contributed by atoms with Gasteiger partial charge in [-0.05, 0) is 31.0 Å². The van der Waals surface area contributed by atoms with Crippen LogP contribution in [-0.2, 0) is 6.54 Å². The first-order valence-electron chi connectivity index (χ1n) is 6.77. The predicted octanol–water partition coefficient (Wildman–Crippen LogP) is 3.96. The van der Waals surface area contributed by atoms with Crippen LogP contribution < -0.4 is 10.1 Å². The van der Waals surface area contributed by atoms with E-state index in [1.165, 1.54) is 12.3 Å². The summed E-state index contributed by atoms with van der Waals surface area (Å²) in [5.41, 5.74) is 1.95. The molecule has 116 valence electrons. The Hall–Kier alpha value is -2.34. The van der Waals surface area contributed by atoms with Gasteiger partial charge in [0.2, 0.25) is 0 Å². The Kier molecular flexibility index (Phi) is 5.16. The van der Waals surface area contributed by atoms with E-state index in [4.69, 9.17) is 16.3 Å². The Labute approximate surface area is 133 Å². The maximum absolute atomic E-state index is 10.6. The topological polar surface area (TPSA) is 77.3 Å². The molecule has 6 nitrogen and oxygen atoms in total. The minimum absolute atomic E-state index is 0.132. The molecule has 1 heterocycles. The van der Waals surface area contributed by atoms with Crippen molar-refractivity contribution in [3.05, 3.63) is 56.7 Å². The molecular formula is C15H16ClN3O3.